The Balaban J connectivity index is 1.81. The molecule has 0 radical (unpaired) electrons. The summed E-state index contributed by atoms with van der Waals surface area (Å²) in [4.78, 5) is 16.7. The van der Waals surface area contributed by atoms with Gasteiger partial charge in [-0.05, 0) is 55.5 Å². The second kappa shape index (κ2) is 11.8. The number of benzene rings is 3. The first-order chi connectivity index (χ1) is 19.1. The maximum Gasteiger partial charge on any atom is 0.326 e. The second-order valence-corrected chi connectivity index (χ2v) is 11.9. The molecule has 0 atom stereocenters. The minimum Gasteiger partial charge on any atom is -0.497 e. The van der Waals surface area contributed by atoms with Gasteiger partial charge in [-0.25, -0.2) is 26.1 Å². The van der Waals surface area contributed by atoms with Gasteiger partial charge in [0.15, 0.2) is 5.82 Å². The Morgan fingerprint density at radius 3 is 1.93 bits per heavy atom. The summed E-state index contributed by atoms with van der Waals surface area (Å²) in [5.41, 5.74) is 0.119. The van der Waals surface area contributed by atoms with Gasteiger partial charge in [0.2, 0.25) is 0 Å². The van der Waals surface area contributed by atoms with E-state index < -0.39 is 32.6 Å². The summed E-state index contributed by atoms with van der Waals surface area (Å²) in [7, 11) is -5.42. The number of methoxy groups -OCH3 is 2. The molecule has 0 aliphatic rings. The van der Waals surface area contributed by atoms with Gasteiger partial charge in [0.05, 0.1) is 42.5 Å². The number of ether oxygens (including phenoxy) is 3. The SMILES string of the molecule is CCOC(=O)CN(c1ncc(NS(=O)(=O)c2ccc(OC)cc2)c2ccccc12)S(=O)(=O)c1ccc(OC)cc1. The Hall–Kier alpha value is -4.36. The standard InChI is InChI=1S/C27H27N3O8S2/c1-4-38-26(31)18-30(40(34,35)22-15-11-20(37-3)12-16-22)27-24-8-6-5-7-23(24)25(17-28-27)29-39(32,33)21-13-9-19(36-2)10-14-21/h5-17,29H,4,18H2,1-3H3. The maximum atomic E-state index is 13.8. The number of anilines is 2. The number of sulfonamides is 2. The summed E-state index contributed by atoms with van der Waals surface area (Å²) in [6.45, 7) is 1.00. The van der Waals surface area contributed by atoms with Crippen molar-refractivity contribution >= 4 is 48.3 Å². The number of carbonyl (C=O) groups is 1. The van der Waals surface area contributed by atoms with E-state index in [1.807, 2.05) is 0 Å². The van der Waals surface area contributed by atoms with Crippen molar-refractivity contribution in [2.24, 2.45) is 0 Å². The minimum absolute atomic E-state index is 0.00696. The van der Waals surface area contributed by atoms with Gasteiger partial charge >= 0.3 is 5.97 Å². The Bertz CT molecular complexity index is 1720. The van der Waals surface area contributed by atoms with Gasteiger partial charge in [-0.1, -0.05) is 24.3 Å². The molecule has 1 aromatic heterocycles. The van der Waals surface area contributed by atoms with Crippen LogP contribution in [0.1, 0.15) is 6.92 Å². The molecule has 0 bridgehead atoms. The van der Waals surface area contributed by atoms with Crippen LogP contribution in [0.5, 0.6) is 11.5 Å². The van der Waals surface area contributed by atoms with Crippen molar-refractivity contribution in [1.29, 1.82) is 0 Å². The fourth-order valence-corrected chi connectivity index (χ4v) is 6.34. The highest BCUT2D eigenvalue weighted by Gasteiger charge is 2.31. The fourth-order valence-electron chi connectivity index (χ4n) is 3.89. The van der Waals surface area contributed by atoms with Gasteiger partial charge in [0, 0.05) is 10.8 Å². The van der Waals surface area contributed by atoms with Crippen molar-refractivity contribution in [2.45, 2.75) is 16.7 Å². The second-order valence-electron chi connectivity index (χ2n) is 8.31. The van der Waals surface area contributed by atoms with Gasteiger partial charge < -0.3 is 14.2 Å². The molecule has 4 rings (SSSR count). The number of rotatable bonds is 11. The van der Waals surface area contributed by atoms with Crippen LogP contribution >= 0.6 is 0 Å². The van der Waals surface area contributed by atoms with Crippen molar-refractivity contribution in [3.05, 3.63) is 79.0 Å². The number of esters is 1. The van der Waals surface area contributed by atoms with E-state index in [-0.39, 0.29) is 27.9 Å². The molecule has 0 spiro atoms. The van der Waals surface area contributed by atoms with Crippen LogP contribution in [0, 0.1) is 0 Å². The molecule has 3 aromatic carbocycles. The number of aromatic nitrogens is 1. The normalized spacial score (nSPS) is 11.6. The Labute approximate surface area is 232 Å². The molecule has 1 heterocycles. The number of hydrogen-bond donors (Lipinski definition) is 1. The van der Waals surface area contributed by atoms with Crippen molar-refractivity contribution in [2.75, 3.05) is 36.4 Å². The molecule has 13 heteroatoms. The predicted molar refractivity (Wildman–Crippen MR) is 150 cm³/mol. The molecule has 0 aliphatic carbocycles. The Kier molecular flexibility index (Phi) is 8.45. The summed E-state index contributed by atoms with van der Waals surface area (Å²) in [6, 6.07) is 18.0. The summed E-state index contributed by atoms with van der Waals surface area (Å²) in [6.07, 6.45) is 1.21. The molecule has 0 unspecified atom stereocenters. The lowest BCUT2D eigenvalue weighted by atomic mass is 10.1. The first-order valence-corrected chi connectivity index (χ1v) is 14.9. The number of nitrogens with zero attached hydrogens (tertiary/aromatic N) is 2. The van der Waals surface area contributed by atoms with Crippen molar-refractivity contribution in [1.82, 2.24) is 4.98 Å². The van der Waals surface area contributed by atoms with E-state index in [9.17, 15) is 21.6 Å². The third kappa shape index (κ3) is 5.95. The number of fused-ring (bicyclic) bond motifs is 1. The largest absolute Gasteiger partial charge is 0.497 e. The summed E-state index contributed by atoms with van der Waals surface area (Å²) in [5.74, 6) is 0.0877. The first kappa shape index (κ1) is 28.6. The van der Waals surface area contributed by atoms with Gasteiger partial charge in [-0.3, -0.25) is 9.52 Å². The molecule has 40 heavy (non-hydrogen) atoms. The lowest BCUT2D eigenvalue weighted by molar-refractivity contribution is -0.141. The zero-order valence-corrected chi connectivity index (χ0v) is 23.5. The lowest BCUT2D eigenvalue weighted by Crippen LogP contribution is -2.37. The average molecular weight is 586 g/mol. The smallest absolute Gasteiger partial charge is 0.326 e. The molecule has 0 aliphatic heterocycles. The van der Waals surface area contributed by atoms with Crippen LogP contribution in [0.3, 0.4) is 0 Å². The first-order valence-electron chi connectivity index (χ1n) is 12.0. The van der Waals surface area contributed by atoms with E-state index in [4.69, 9.17) is 14.2 Å². The highest BCUT2D eigenvalue weighted by Crippen LogP contribution is 2.34. The van der Waals surface area contributed by atoms with Gasteiger partial charge in [-0.15, -0.1) is 0 Å². The molecular formula is C27H27N3O8S2. The molecule has 11 nitrogen and oxygen atoms in total. The van der Waals surface area contributed by atoms with E-state index in [0.29, 0.717) is 22.3 Å². The zero-order valence-electron chi connectivity index (χ0n) is 21.9. The lowest BCUT2D eigenvalue weighted by Gasteiger charge is -2.24. The number of hydrogen-bond acceptors (Lipinski definition) is 9. The van der Waals surface area contributed by atoms with E-state index in [1.165, 1.54) is 68.9 Å². The molecule has 0 amide bonds. The number of nitrogens with one attached hydrogen (secondary N) is 1. The van der Waals surface area contributed by atoms with Crippen LogP contribution < -0.4 is 18.5 Å². The van der Waals surface area contributed by atoms with E-state index >= 15 is 0 Å². The van der Waals surface area contributed by atoms with Crippen LogP contribution in [0.25, 0.3) is 10.8 Å². The average Bonchev–Trinajstić information content (AvgIpc) is 2.96. The molecule has 0 saturated heterocycles. The Morgan fingerprint density at radius 2 is 1.38 bits per heavy atom. The third-order valence-electron chi connectivity index (χ3n) is 5.85. The number of carbonyl (C=O) groups excluding carboxylic acids is 1. The highest BCUT2D eigenvalue weighted by atomic mass is 32.2. The monoisotopic (exact) mass is 585 g/mol. The topological polar surface area (TPSA) is 141 Å². The molecule has 1 N–H and O–H groups in total. The van der Waals surface area contributed by atoms with Crippen LogP contribution in [0.2, 0.25) is 0 Å². The number of pyridine rings is 1. The van der Waals surface area contributed by atoms with E-state index in [0.717, 1.165) is 4.31 Å². The van der Waals surface area contributed by atoms with Gasteiger partial charge in [-0.2, -0.15) is 0 Å². The third-order valence-corrected chi connectivity index (χ3v) is 8.98. The molecular weight excluding hydrogens is 558 g/mol. The van der Waals surface area contributed by atoms with Crippen LogP contribution in [-0.2, 0) is 29.6 Å². The Morgan fingerprint density at radius 1 is 0.825 bits per heavy atom. The summed E-state index contributed by atoms with van der Waals surface area (Å²) in [5, 5.41) is 0.655. The van der Waals surface area contributed by atoms with Crippen LogP contribution in [0.4, 0.5) is 11.5 Å². The predicted octanol–water partition coefficient (Wildman–Crippen LogP) is 3.81. The highest BCUT2D eigenvalue weighted by molar-refractivity contribution is 7.93. The molecule has 4 aromatic rings. The summed E-state index contributed by atoms with van der Waals surface area (Å²) >= 11 is 0. The zero-order chi connectivity index (χ0) is 28.9. The summed E-state index contributed by atoms with van der Waals surface area (Å²) < 4.78 is 72.4. The van der Waals surface area contributed by atoms with Gasteiger partial charge in [0.25, 0.3) is 20.0 Å². The minimum atomic E-state index is -4.32. The van der Waals surface area contributed by atoms with Crippen molar-refractivity contribution < 1.29 is 35.8 Å². The fraction of sp³-hybridized carbons (Fsp3) is 0.185. The quantitative estimate of drug-likeness (QED) is 0.260. The maximum absolute atomic E-state index is 13.8. The van der Waals surface area contributed by atoms with E-state index in [2.05, 4.69) is 9.71 Å². The van der Waals surface area contributed by atoms with Crippen LogP contribution in [-0.4, -0.2) is 55.2 Å². The molecule has 0 fully saturated rings. The van der Waals surface area contributed by atoms with Crippen molar-refractivity contribution in [3.8, 4) is 11.5 Å². The van der Waals surface area contributed by atoms with Gasteiger partial charge in [0.1, 0.15) is 18.0 Å². The van der Waals surface area contributed by atoms with E-state index in [1.54, 1.807) is 31.2 Å². The molecule has 0 saturated carbocycles. The van der Waals surface area contributed by atoms with Crippen LogP contribution in [0.15, 0.2) is 88.8 Å². The molecule has 210 valence electrons. The van der Waals surface area contributed by atoms with Crippen molar-refractivity contribution in [3.63, 3.8) is 0 Å².